The van der Waals surface area contributed by atoms with Crippen molar-refractivity contribution in [1.29, 1.82) is 0 Å². The first kappa shape index (κ1) is 20.6. The Kier molecular flexibility index (Phi) is 5.98. The fraction of sp³-hybridized carbons (Fsp3) is 0.125. The molecule has 11 heteroatoms. The van der Waals surface area contributed by atoms with E-state index in [1.54, 1.807) is 42.5 Å². The Balaban J connectivity index is 0.000000465. The van der Waals surface area contributed by atoms with Gasteiger partial charge in [-0.3, -0.25) is 9.55 Å². The van der Waals surface area contributed by atoms with Gasteiger partial charge in [0.1, 0.15) is 5.82 Å². The second-order valence-corrected chi connectivity index (χ2v) is 6.61. The zero-order valence-electron chi connectivity index (χ0n) is 14.1. The van der Waals surface area contributed by atoms with Gasteiger partial charge in [0.2, 0.25) is 0 Å². The van der Waals surface area contributed by atoms with Gasteiger partial charge in [-0.2, -0.15) is 21.6 Å². The van der Waals surface area contributed by atoms with E-state index in [0.717, 1.165) is 11.9 Å². The maximum absolute atomic E-state index is 13.0. The van der Waals surface area contributed by atoms with Crippen LogP contribution in [0, 0.1) is 6.92 Å². The molecule has 4 N–H and O–H groups in total. The van der Waals surface area contributed by atoms with Crippen molar-refractivity contribution in [2.45, 2.75) is 13.1 Å². The SMILES string of the molecule is Cc1ccc(-c2nc(C(F)(F)F)cn2-c2ccccc2)cn1.NS(N)(=O)=O. The molecule has 0 aliphatic rings. The highest BCUT2D eigenvalue weighted by Crippen LogP contribution is 2.32. The molecule has 0 radical (unpaired) electrons. The molecule has 1 aromatic carbocycles. The van der Waals surface area contributed by atoms with Crippen molar-refractivity contribution in [2.24, 2.45) is 10.3 Å². The van der Waals surface area contributed by atoms with Crippen LogP contribution in [0.5, 0.6) is 0 Å². The van der Waals surface area contributed by atoms with Gasteiger partial charge in [0.25, 0.3) is 10.2 Å². The van der Waals surface area contributed by atoms with Gasteiger partial charge < -0.3 is 0 Å². The van der Waals surface area contributed by atoms with Crippen molar-refractivity contribution in [3.8, 4) is 17.1 Å². The van der Waals surface area contributed by atoms with E-state index in [0.29, 0.717) is 11.3 Å². The molecule has 2 aromatic heterocycles. The Bertz CT molecular complexity index is 993. The number of para-hydroxylation sites is 1. The van der Waals surface area contributed by atoms with Crippen molar-refractivity contribution >= 4 is 10.2 Å². The minimum Gasteiger partial charge on any atom is -0.299 e. The fourth-order valence-electron chi connectivity index (χ4n) is 2.11. The zero-order valence-corrected chi connectivity index (χ0v) is 14.9. The maximum Gasteiger partial charge on any atom is 0.434 e. The molecule has 0 aliphatic carbocycles. The van der Waals surface area contributed by atoms with Crippen LogP contribution >= 0.6 is 0 Å². The maximum atomic E-state index is 13.0. The van der Waals surface area contributed by atoms with Crippen molar-refractivity contribution in [1.82, 2.24) is 14.5 Å². The molecule has 0 amide bonds. The number of halogens is 3. The van der Waals surface area contributed by atoms with Gasteiger partial charge in [-0.05, 0) is 31.2 Å². The van der Waals surface area contributed by atoms with Crippen LogP contribution in [0.3, 0.4) is 0 Å². The van der Waals surface area contributed by atoms with Gasteiger partial charge in [0, 0.05) is 29.3 Å². The van der Waals surface area contributed by atoms with Gasteiger partial charge >= 0.3 is 6.18 Å². The quantitative estimate of drug-likeness (QED) is 0.688. The molecule has 0 atom stereocenters. The van der Waals surface area contributed by atoms with Crippen molar-refractivity contribution in [3.05, 3.63) is 66.2 Å². The lowest BCUT2D eigenvalue weighted by Gasteiger charge is -2.07. The van der Waals surface area contributed by atoms with E-state index in [1.807, 2.05) is 6.92 Å². The summed E-state index contributed by atoms with van der Waals surface area (Å²) in [4.78, 5) is 7.88. The average Bonchev–Trinajstić information content (AvgIpc) is 3.00. The molecule has 144 valence electrons. The van der Waals surface area contributed by atoms with E-state index in [1.165, 1.54) is 10.8 Å². The summed E-state index contributed by atoms with van der Waals surface area (Å²) in [5.74, 6) is 0.214. The number of imidazole rings is 1. The van der Waals surface area contributed by atoms with E-state index in [9.17, 15) is 21.6 Å². The first-order valence-electron chi connectivity index (χ1n) is 7.40. The highest BCUT2D eigenvalue weighted by Gasteiger charge is 2.35. The summed E-state index contributed by atoms with van der Waals surface area (Å²) < 4.78 is 58.8. The first-order valence-corrected chi connectivity index (χ1v) is 9.01. The summed E-state index contributed by atoms with van der Waals surface area (Å²) in [6, 6.07) is 12.2. The van der Waals surface area contributed by atoms with Crippen LogP contribution in [0.4, 0.5) is 13.2 Å². The lowest BCUT2D eigenvalue weighted by molar-refractivity contribution is -0.140. The Hall–Kier alpha value is -2.76. The van der Waals surface area contributed by atoms with Crippen LogP contribution in [-0.2, 0) is 16.4 Å². The van der Waals surface area contributed by atoms with E-state index in [2.05, 4.69) is 20.2 Å². The molecule has 0 spiro atoms. The highest BCUT2D eigenvalue weighted by molar-refractivity contribution is 7.86. The largest absolute Gasteiger partial charge is 0.434 e. The van der Waals surface area contributed by atoms with Crippen molar-refractivity contribution in [3.63, 3.8) is 0 Å². The van der Waals surface area contributed by atoms with E-state index in [-0.39, 0.29) is 5.82 Å². The molecule has 7 nitrogen and oxygen atoms in total. The molecule has 0 fully saturated rings. The Labute approximate surface area is 153 Å². The van der Waals surface area contributed by atoms with Gasteiger partial charge in [-0.1, -0.05) is 18.2 Å². The monoisotopic (exact) mass is 399 g/mol. The minimum atomic E-state index is -4.49. The zero-order chi connectivity index (χ0) is 20.2. The number of aryl methyl sites for hydroxylation is 1. The van der Waals surface area contributed by atoms with Crippen molar-refractivity contribution < 1.29 is 21.6 Å². The minimum absolute atomic E-state index is 0.214. The van der Waals surface area contributed by atoms with Crippen LogP contribution in [0.15, 0.2) is 54.9 Å². The highest BCUT2D eigenvalue weighted by atomic mass is 32.2. The number of benzene rings is 1. The predicted octanol–water partition coefficient (Wildman–Crippen LogP) is 2.41. The first-order chi connectivity index (χ1) is 12.4. The number of nitrogens with two attached hydrogens (primary N) is 2. The third-order valence-electron chi connectivity index (χ3n) is 3.20. The van der Waals surface area contributed by atoms with E-state index >= 15 is 0 Å². The molecule has 3 rings (SSSR count). The van der Waals surface area contributed by atoms with Gasteiger partial charge in [-0.15, -0.1) is 0 Å². The molecule has 0 bridgehead atoms. The summed E-state index contributed by atoms with van der Waals surface area (Å²) in [6.07, 6.45) is -1.96. The number of rotatable bonds is 2. The van der Waals surface area contributed by atoms with Crippen molar-refractivity contribution in [2.75, 3.05) is 0 Å². The summed E-state index contributed by atoms with van der Waals surface area (Å²) in [7, 11) is -3.67. The van der Waals surface area contributed by atoms with E-state index in [4.69, 9.17) is 0 Å². The normalized spacial score (nSPS) is 11.6. The third kappa shape index (κ3) is 6.16. The van der Waals surface area contributed by atoms with E-state index < -0.39 is 22.1 Å². The fourth-order valence-corrected chi connectivity index (χ4v) is 2.11. The molecule has 0 saturated carbocycles. The number of pyridine rings is 1. The standard InChI is InChI=1S/C16H12F3N3.H4N2O2S/c1-11-7-8-12(9-20-11)15-21-14(16(17,18)19)10-22(15)13-5-3-2-4-6-13;1-5(2,3)4/h2-10H,1H3;(H4,1,2,3,4). The summed E-state index contributed by atoms with van der Waals surface area (Å²) >= 11 is 0. The summed E-state index contributed by atoms with van der Waals surface area (Å²) in [6.45, 7) is 1.81. The Morgan fingerprint density at radius 2 is 1.63 bits per heavy atom. The second-order valence-electron chi connectivity index (χ2n) is 5.43. The molecular formula is C16H16F3N5O2S. The summed E-state index contributed by atoms with van der Waals surface area (Å²) in [5, 5.41) is 8.21. The Morgan fingerprint density at radius 3 is 2.11 bits per heavy atom. The molecular weight excluding hydrogens is 383 g/mol. The van der Waals surface area contributed by atoms with Crippen LogP contribution in [0.2, 0.25) is 0 Å². The second kappa shape index (κ2) is 7.86. The predicted molar refractivity (Wildman–Crippen MR) is 93.8 cm³/mol. The number of hydrogen-bond donors (Lipinski definition) is 2. The Morgan fingerprint density at radius 1 is 1.04 bits per heavy atom. The van der Waals surface area contributed by atoms with Gasteiger partial charge in [0.15, 0.2) is 5.69 Å². The lowest BCUT2D eigenvalue weighted by atomic mass is 10.2. The van der Waals surface area contributed by atoms with Crippen LogP contribution in [0.1, 0.15) is 11.4 Å². The van der Waals surface area contributed by atoms with Gasteiger partial charge in [0.05, 0.1) is 0 Å². The average molecular weight is 399 g/mol. The lowest BCUT2D eigenvalue weighted by Crippen LogP contribution is -2.21. The molecule has 0 aliphatic heterocycles. The molecule has 0 saturated heterocycles. The molecule has 27 heavy (non-hydrogen) atoms. The molecule has 0 unspecified atom stereocenters. The number of alkyl halides is 3. The molecule has 2 heterocycles. The smallest absolute Gasteiger partial charge is 0.299 e. The summed E-state index contributed by atoms with van der Waals surface area (Å²) in [5.41, 5.74) is 1.01. The molecule has 3 aromatic rings. The number of nitrogens with zero attached hydrogens (tertiary/aromatic N) is 3. The topological polar surface area (TPSA) is 117 Å². The van der Waals surface area contributed by atoms with Crippen LogP contribution in [0.25, 0.3) is 17.1 Å². The number of hydrogen-bond acceptors (Lipinski definition) is 4. The van der Waals surface area contributed by atoms with Crippen LogP contribution in [-0.4, -0.2) is 23.0 Å². The van der Waals surface area contributed by atoms with Gasteiger partial charge in [-0.25, -0.2) is 15.3 Å². The number of aromatic nitrogens is 3. The van der Waals surface area contributed by atoms with Crippen LogP contribution < -0.4 is 10.3 Å². The third-order valence-corrected chi connectivity index (χ3v) is 3.20.